The van der Waals surface area contributed by atoms with Crippen LogP contribution in [0.2, 0.25) is 0 Å². The fourth-order valence-corrected chi connectivity index (χ4v) is 3.09. The summed E-state index contributed by atoms with van der Waals surface area (Å²) < 4.78 is 12.7. The van der Waals surface area contributed by atoms with E-state index >= 15 is 0 Å². The van der Waals surface area contributed by atoms with Crippen LogP contribution < -0.4 is 9.47 Å². The Balaban J connectivity index is 0.000000194. The predicted molar refractivity (Wildman–Crippen MR) is 113 cm³/mol. The van der Waals surface area contributed by atoms with Crippen LogP contribution in [0.4, 0.5) is 0 Å². The van der Waals surface area contributed by atoms with E-state index in [9.17, 15) is 9.59 Å². The Morgan fingerprint density at radius 1 is 1.11 bits per heavy atom. The second kappa shape index (κ2) is 11.5. The highest BCUT2D eigenvalue weighted by Gasteiger charge is 2.16. The molecule has 0 aromatic heterocycles. The molecule has 0 aliphatic carbocycles. The highest BCUT2D eigenvalue weighted by molar-refractivity contribution is 9.10. The third kappa shape index (κ3) is 8.03. The Morgan fingerprint density at radius 3 is 2.52 bits per heavy atom. The van der Waals surface area contributed by atoms with Crippen LogP contribution >= 0.6 is 43.5 Å². The Labute approximate surface area is 180 Å². The van der Waals surface area contributed by atoms with E-state index in [1.54, 1.807) is 0 Å². The molecule has 0 fully saturated rings. The fourth-order valence-electron chi connectivity index (χ4n) is 2.33. The minimum Gasteiger partial charge on any atom is -0.494 e. The maximum absolute atomic E-state index is 11.6. The van der Waals surface area contributed by atoms with E-state index in [4.69, 9.17) is 21.1 Å². The van der Waals surface area contributed by atoms with Gasteiger partial charge in [0.2, 0.25) is 5.24 Å². The fraction of sp³-hybridized carbons (Fsp3) is 0.300. The van der Waals surface area contributed by atoms with Crippen molar-refractivity contribution >= 4 is 54.5 Å². The van der Waals surface area contributed by atoms with Crippen molar-refractivity contribution in [1.29, 1.82) is 0 Å². The number of ketones is 1. The zero-order valence-corrected chi connectivity index (χ0v) is 18.5. The number of carbonyl (C=O) groups excluding carboxylic acids is 2. The lowest BCUT2D eigenvalue weighted by Gasteiger charge is -2.05. The average molecular weight is 519 g/mol. The van der Waals surface area contributed by atoms with Gasteiger partial charge in [-0.3, -0.25) is 9.59 Å². The first-order valence-electron chi connectivity index (χ1n) is 8.48. The van der Waals surface area contributed by atoms with Crippen molar-refractivity contribution in [3.05, 3.63) is 57.0 Å². The lowest BCUT2D eigenvalue weighted by atomic mass is 10.1. The first kappa shape index (κ1) is 21.9. The first-order valence-corrected chi connectivity index (χ1v) is 10.4. The van der Waals surface area contributed by atoms with Gasteiger partial charge in [0.15, 0.2) is 5.78 Å². The van der Waals surface area contributed by atoms with Crippen molar-refractivity contribution in [3.8, 4) is 11.5 Å². The molecule has 0 unspecified atom stereocenters. The van der Waals surface area contributed by atoms with Crippen molar-refractivity contribution in [2.45, 2.75) is 25.7 Å². The minimum atomic E-state index is -0.315. The zero-order chi connectivity index (χ0) is 19.6. The third-order valence-corrected chi connectivity index (χ3v) is 4.86. The molecule has 2 aromatic rings. The van der Waals surface area contributed by atoms with Crippen molar-refractivity contribution in [3.63, 3.8) is 0 Å². The standard InChI is InChI=1S/C10H10BrClO2.C10H9BrO2/c11-8-3-5-9(6-4-8)14-7-1-2-10(12)13;11-7-3-4-10-8(6-7)9(12)2-1-5-13-10/h3-6H,1-2,7H2;3-4,6H,1-2,5H2. The van der Waals surface area contributed by atoms with Gasteiger partial charge in [-0.05, 0) is 66.9 Å². The molecule has 0 radical (unpaired) electrons. The van der Waals surface area contributed by atoms with Gasteiger partial charge < -0.3 is 9.47 Å². The van der Waals surface area contributed by atoms with Gasteiger partial charge in [-0.25, -0.2) is 0 Å². The number of Topliss-reactive ketones (excluding diaryl/α,β-unsaturated/α-hetero) is 1. The molecule has 144 valence electrons. The Morgan fingerprint density at radius 2 is 1.81 bits per heavy atom. The number of rotatable bonds is 5. The molecule has 0 spiro atoms. The van der Waals surface area contributed by atoms with Gasteiger partial charge in [0.25, 0.3) is 0 Å². The van der Waals surface area contributed by atoms with Crippen molar-refractivity contribution in [1.82, 2.24) is 0 Å². The van der Waals surface area contributed by atoms with Gasteiger partial charge in [0.05, 0.1) is 18.8 Å². The maximum atomic E-state index is 11.6. The molecule has 4 nitrogen and oxygen atoms in total. The van der Waals surface area contributed by atoms with Crippen LogP contribution in [0.15, 0.2) is 51.4 Å². The third-order valence-electron chi connectivity index (χ3n) is 3.65. The van der Waals surface area contributed by atoms with Gasteiger partial charge >= 0.3 is 0 Å². The van der Waals surface area contributed by atoms with Crippen LogP contribution in [-0.4, -0.2) is 24.2 Å². The molecule has 2 aromatic carbocycles. The normalized spacial score (nSPS) is 12.8. The molecular formula is C20H19Br2ClO4. The molecule has 1 heterocycles. The minimum absolute atomic E-state index is 0.175. The number of hydrogen-bond acceptors (Lipinski definition) is 4. The average Bonchev–Trinajstić information content (AvgIpc) is 2.82. The van der Waals surface area contributed by atoms with E-state index in [1.807, 2.05) is 42.5 Å². The van der Waals surface area contributed by atoms with E-state index in [2.05, 4.69) is 31.9 Å². The van der Waals surface area contributed by atoms with Crippen LogP contribution in [0.5, 0.6) is 11.5 Å². The summed E-state index contributed by atoms with van der Waals surface area (Å²) in [7, 11) is 0. The molecule has 0 saturated carbocycles. The number of hydrogen-bond donors (Lipinski definition) is 0. The van der Waals surface area contributed by atoms with E-state index in [0.29, 0.717) is 43.8 Å². The lowest BCUT2D eigenvalue weighted by Crippen LogP contribution is -1.99. The predicted octanol–water partition coefficient (Wildman–Crippen LogP) is 6.18. The SMILES string of the molecule is O=C(Cl)CCCOc1ccc(Br)cc1.O=C1CCCOc2ccc(Br)cc21. The van der Waals surface area contributed by atoms with Crippen LogP contribution in [0.1, 0.15) is 36.0 Å². The lowest BCUT2D eigenvalue weighted by molar-refractivity contribution is -0.111. The summed E-state index contributed by atoms with van der Waals surface area (Å²) in [6.07, 6.45) is 2.41. The first-order chi connectivity index (χ1) is 13.0. The van der Waals surface area contributed by atoms with Crippen LogP contribution in [0.25, 0.3) is 0 Å². The maximum Gasteiger partial charge on any atom is 0.221 e. The molecule has 7 heteroatoms. The molecule has 0 saturated heterocycles. The van der Waals surface area contributed by atoms with Gasteiger partial charge in [-0.15, -0.1) is 0 Å². The summed E-state index contributed by atoms with van der Waals surface area (Å²) in [5.41, 5.74) is 0.701. The second-order valence-electron chi connectivity index (χ2n) is 5.78. The molecule has 27 heavy (non-hydrogen) atoms. The van der Waals surface area contributed by atoms with Crippen LogP contribution in [-0.2, 0) is 4.79 Å². The largest absolute Gasteiger partial charge is 0.494 e. The summed E-state index contributed by atoms with van der Waals surface area (Å²) in [4.78, 5) is 22.0. The number of ether oxygens (including phenoxy) is 2. The Hall–Kier alpha value is -1.37. The summed E-state index contributed by atoms with van der Waals surface area (Å²) in [6.45, 7) is 1.15. The van der Waals surface area contributed by atoms with Crippen LogP contribution in [0.3, 0.4) is 0 Å². The Kier molecular flexibility index (Phi) is 9.31. The molecular weight excluding hydrogens is 499 g/mol. The van der Waals surface area contributed by atoms with E-state index in [-0.39, 0.29) is 11.0 Å². The smallest absolute Gasteiger partial charge is 0.221 e. The van der Waals surface area contributed by atoms with E-state index in [0.717, 1.165) is 21.1 Å². The van der Waals surface area contributed by atoms with Gasteiger partial charge in [0.1, 0.15) is 11.5 Å². The molecule has 0 bridgehead atoms. The summed E-state index contributed by atoms with van der Waals surface area (Å²) >= 11 is 11.8. The number of benzene rings is 2. The highest BCUT2D eigenvalue weighted by atomic mass is 79.9. The van der Waals surface area contributed by atoms with Crippen LogP contribution in [0, 0.1) is 0 Å². The molecule has 1 aliphatic rings. The van der Waals surface area contributed by atoms with Gasteiger partial charge in [-0.1, -0.05) is 31.9 Å². The quantitative estimate of drug-likeness (QED) is 0.351. The molecule has 3 rings (SSSR count). The molecule has 0 amide bonds. The summed E-state index contributed by atoms with van der Waals surface area (Å²) in [5.74, 6) is 1.69. The topological polar surface area (TPSA) is 52.6 Å². The molecule has 1 aliphatic heterocycles. The number of fused-ring (bicyclic) bond motifs is 1. The van der Waals surface area contributed by atoms with Crippen molar-refractivity contribution in [2.24, 2.45) is 0 Å². The highest BCUT2D eigenvalue weighted by Crippen LogP contribution is 2.27. The summed E-state index contributed by atoms with van der Waals surface area (Å²) in [5, 5.41) is -0.315. The van der Waals surface area contributed by atoms with Gasteiger partial charge in [-0.2, -0.15) is 0 Å². The number of carbonyl (C=O) groups is 2. The summed E-state index contributed by atoms with van der Waals surface area (Å²) in [6, 6.07) is 13.1. The number of halogens is 3. The zero-order valence-electron chi connectivity index (χ0n) is 14.6. The molecule has 0 N–H and O–H groups in total. The second-order valence-corrected chi connectivity index (χ2v) is 8.03. The van der Waals surface area contributed by atoms with Crippen molar-refractivity contribution in [2.75, 3.05) is 13.2 Å². The Bertz CT molecular complexity index is 778. The van der Waals surface area contributed by atoms with Gasteiger partial charge in [0, 0.05) is 21.8 Å². The van der Waals surface area contributed by atoms with Crippen molar-refractivity contribution < 1.29 is 19.1 Å². The van der Waals surface area contributed by atoms with E-state index < -0.39 is 0 Å². The molecule has 0 atom stereocenters. The van der Waals surface area contributed by atoms with E-state index in [1.165, 1.54) is 0 Å². The monoisotopic (exact) mass is 516 g/mol.